The molecule has 1 N–H and O–H groups in total. The number of aromatic nitrogens is 3. The molecule has 0 unspecified atom stereocenters. The molecule has 3 aromatic rings. The molecule has 0 spiro atoms. The van der Waals surface area contributed by atoms with Crippen LogP contribution in [-0.2, 0) is 0 Å². The molecule has 0 radical (unpaired) electrons. The van der Waals surface area contributed by atoms with E-state index in [1.165, 1.54) is 0 Å². The Morgan fingerprint density at radius 2 is 1.74 bits per heavy atom. The Bertz CT molecular complexity index is 736. The van der Waals surface area contributed by atoms with Crippen molar-refractivity contribution in [1.29, 1.82) is 0 Å². The van der Waals surface area contributed by atoms with Crippen LogP contribution in [0.25, 0.3) is 22.4 Å². The number of benzene rings is 1. The highest BCUT2D eigenvalue weighted by Gasteiger charge is 2.12. The van der Waals surface area contributed by atoms with Gasteiger partial charge in [0.2, 0.25) is 0 Å². The summed E-state index contributed by atoms with van der Waals surface area (Å²) in [6.07, 6.45) is 3.33. The predicted octanol–water partition coefficient (Wildman–Crippen LogP) is 2.50. The monoisotopic (exact) mass is 249 g/mol. The van der Waals surface area contributed by atoms with Crippen LogP contribution >= 0.6 is 0 Å². The van der Waals surface area contributed by atoms with Gasteiger partial charge in [-0.25, -0.2) is 5.10 Å². The summed E-state index contributed by atoms with van der Waals surface area (Å²) in [4.78, 5) is 16.4. The van der Waals surface area contributed by atoms with Crippen molar-refractivity contribution in [3.05, 3.63) is 71.3 Å². The molecule has 2 heterocycles. The van der Waals surface area contributed by atoms with Crippen molar-refractivity contribution in [1.82, 2.24) is 15.2 Å². The quantitative estimate of drug-likeness (QED) is 0.759. The fraction of sp³-hybridized carbons (Fsp3) is 0. The minimum absolute atomic E-state index is 0.214. The summed E-state index contributed by atoms with van der Waals surface area (Å²) in [6, 6.07) is 15.1. The third kappa shape index (κ3) is 2.15. The smallest absolute Gasteiger partial charge is 0.267 e. The first-order valence-electron chi connectivity index (χ1n) is 5.91. The van der Waals surface area contributed by atoms with E-state index in [4.69, 9.17) is 0 Å². The molecule has 0 fully saturated rings. The van der Waals surface area contributed by atoms with E-state index in [9.17, 15) is 4.79 Å². The van der Waals surface area contributed by atoms with Gasteiger partial charge in [0.15, 0.2) is 0 Å². The third-order valence-corrected chi connectivity index (χ3v) is 2.86. The molecule has 1 aromatic carbocycles. The van der Waals surface area contributed by atoms with Crippen LogP contribution in [0.2, 0.25) is 0 Å². The molecule has 0 aliphatic rings. The maximum Gasteiger partial charge on any atom is 0.272 e. The Labute approximate surface area is 109 Å². The Kier molecular flexibility index (Phi) is 2.90. The van der Waals surface area contributed by atoms with Crippen LogP contribution in [0.4, 0.5) is 0 Å². The number of nitrogens with zero attached hydrogens (tertiary/aromatic N) is 2. The van der Waals surface area contributed by atoms with Gasteiger partial charge in [-0.15, -0.1) is 0 Å². The maximum absolute atomic E-state index is 12.1. The molecule has 0 saturated heterocycles. The van der Waals surface area contributed by atoms with Gasteiger partial charge in [0.25, 0.3) is 5.56 Å². The largest absolute Gasteiger partial charge is 0.272 e. The van der Waals surface area contributed by atoms with Crippen molar-refractivity contribution in [3.63, 3.8) is 0 Å². The van der Waals surface area contributed by atoms with Crippen molar-refractivity contribution in [3.8, 4) is 22.4 Å². The number of rotatable bonds is 2. The molecular weight excluding hydrogens is 238 g/mol. The van der Waals surface area contributed by atoms with Crippen LogP contribution in [0.3, 0.4) is 0 Å². The van der Waals surface area contributed by atoms with Gasteiger partial charge < -0.3 is 0 Å². The molecule has 0 atom stereocenters. The van der Waals surface area contributed by atoms with Gasteiger partial charge in [-0.2, -0.15) is 5.10 Å². The SMILES string of the molecule is O=c1[nH]ncc(-c2ccccn2)c1-c1ccccc1. The van der Waals surface area contributed by atoms with E-state index < -0.39 is 0 Å². The van der Waals surface area contributed by atoms with Crippen LogP contribution in [0.15, 0.2) is 65.7 Å². The van der Waals surface area contributed by atoms with Gasteiger partial charge >= 0.3 is 0 Å². The first-order chi connectivity index (χ1) is 9.36. The van der Waals surface area contributed by atoms with E-state index >= 15 is 0 Å². The number of nitrogens with one attached hydrogen (secondary N) is 1. The van der Waals surface area contributed by atoms with Gasteiger partial charge in [0.05, 0.1) is 17.5 Å². The van der Waals surface area contributed by atoms with Crippen molar-refractivity contribution in [2.75, 3.05) is 0 Å². The second-order valence-electron chi connectivity index (χ2n) is 4.07. The second-order valence-corrected chi connectivity index (χ2v) is 4.07. The normalized spacial score (nSPS) is 10.3. The summed E-state index contributed by atoms with van der Waals surface area (Å²) in [6.45, 7) is 0. The van der Waals surface area contributed by atoms with Crippen molar-refractivity contribution >= 4 is 0 Å². The molecule has 92 valence electrons. The molecule has 2 aromatic heterocycles. The molecule has 0 saturated carbocycles. The lowest BCUT2D eigenvalue weighted by Crippen LogP contribution is -2.12. The summed E-state index contributed by atoms with van der Waals surface area (Å²) in [5.74, 6) is 0. The standard InChI is InChI=1S/C15H11N3O/c19-15-14(11-6-2-1-3-7-11)12(10-17-18-15)13-8-4-5-9-16-13/h1-10H,(H,18,19). The Morgan fingerprint density at radius 1 is 0.947 bits per heavy atom. The number of aromatic amines is 1. The number of hydrogen-bond acceptors (Lipinski definition) is 3. The fourth-order valence-corrected chi connectivity index (χ4v) is 2.01. The lowest BCUT2D eigenvalue weighted by molar-refractivity contribution is 0.991. The zero-order chi connectivity index (χ0) is 13.1. The van der Waals surface area contributed by atoms with E-state index in [1.807, 2.05) is 48.5 Å². The summed E-state index contributed by atoms with van der Waals surface area (Å²) >= 11 is 0. The average Bonchev–Trinajstić information content (AvgIpc) is 2.49. The molecule has 3 rings (SSSR count). The molecule has 0 aliphatic heterocycles. The highest BCUT2D eigenvalue weighted by molar-refractivity contribution is 5.80. The highest BCUT2D eigenvalue weighted by Crippen LogP contribution is 2.26. The molecule has 19 heavy (non-hydrogen) atoms. The number of pyridine rings is 1. The molecule has 4 heteroatoms. The lowest BCUT2D eigenvalue weighted by atomic mass is 10.0. The highest BCUT2D eigenvalue weighted by atomic mass is 16.1. The average molecular weight is 249 g/mol. The van der Waals surface area contributed by atoms with Gasteiger partial charge in [0, 0.05) is 11.8 Å². The van der Waals surface area contributed by atoms with Gasteiger partial charge in [-0.05, 0) is 17.7 Å². The number of hydrogen-bond donors (Lipinski definition) is 1. The Balaban J connectivity index is 2.28. The Morgan fingerprint density at radius 3 is 2.47 bits per heavy atom. The lowest BCUT2D eigenvalue weighted by Gasteiger charge is -2.07. The van der Waals surface area contributed by atoms with E-state index in [0.29, 0.717) is 5.56 Å². The molecule has 4 nitrogen and oxygen atoms in total. The van der Waals surface area contributed by atoms with Gasteiger partial charge in [-0.1, -0.05) is 36.4 Å². The van der Waals surface area contributed by atoms with E-state index in [2.05, 4.69) is 15.2 Å². The first-order valence-corrected chi connectivity index (χ1v) is 5.91. The van der Waals surface area contributed by atoms with Gasteiger partial charge in [-0.3, -0.25) is 9.78 Å². The molecule has 0 bridgehead atoms. The topological polar surface area (TPSA) is 58.6 Å². The van der Waals surface area contributed by atoms with E-state index in [0.717, 1.165) is 16.8 Å². The van der Waals surface area contributed by atoms with E-state index in [-0.39, 0.29) is 5.56 Å². The second kappa shape index (κ2) is 4.86. The summed E-state index contributed by atoms with van der Waals surface area (Å²) in [7, 11) is 0. The maximum atomic E-state index is 12.1. The van der Waals surface area contributed by atoms with Crippen LogP contribution in [0.5, 0.6) is 0 Å². The summed E-state index contributed by atoms with van der Waals surface area (Å²) < 4.78 is 0. The minimum Gasteiger partial charge on any atom is -0.267 e. The molecular formula is C15H11N3O. The third-order valence-electron chi connectivity index (χ3n) is 2.86. The van der Waals surface area contributed by atoms with Crippen molar-refractivity contribution in [2.45, 2.75) is 0 Å². The van der Waals surface area contributed by atoms with Crippen LogP contribution in [-0.4, -0.2) is 15.2 Å². The van der Waals surface area contributed by atoms with Crippen LogP contribution < -0.4 is 5.56 Å². The summed E-state index contributed by atoms with van der Waals surface area (Å²) in [5.41, 5.74) is 2.70. The minimum atomic E-state index is -0.214. The van der Waals surface area contributed by atoms with Crippen LogP contribution in [0.1, 0.15) is 0 Å². The van der Waals surface area contributed by atoms with Crippen molar-refractivity contribution in [2.24, 2.45) is 0 Å². The first kappa shape index (κ1) is 11.3. The summed E-state index contributed by atoms with van der Waals surface area (Å²) in [5, 5.41) is 6.34. The van der Waals surface area contributed by atoms with Crippen molar-refractivity contribution < 1.29 is 0 Å². The van der Waals surface area contributed by atoms with E-state index in [1.54, 1.807) is 12.4 Å². The molecule has 0 amide bonds. The predicted molar refractivity (Wildman–Crippen MR) is 73.5 cm³/mol. The van der Waals surface area contributed by atoms with Gasteiger partial charge in [0.1, 0.15) is 0 Å². The fourth-order valence-electron chi connectivity index (χ4n) is 2.01. The van der Waals surface area contributed by atoms with Crippen LogP contribution in [0, 0.1) is 0 Å². The Hall–Kier alpha value is -2.75. The number of H-pyrrole nitrogens is 1. The zero-order valence-corrected chi connectivity index (χ0v) is 10.1. The zero-order valence-electron chi connectivity index (χ0n) is 10.1. The molecule has 0 aliphatic carbocycles.